The fraction of sp³-hybridized carbons (Fsp3) is 0.235. The largest absolute Gasteiger partial charge is 0.489 e. The Hall–Kier alpha value is -2.33. The van der Waals surface area contributed by atoms with E-state index in [1.165, 1.54) is 0 Å². The molecule has 2 N–H and O–H groups in total. The summed E-state index contributed by atoms with van der Waals surface area (Å²) in [6.07, 6.45) is 0.148. The molecule has 4 nitrogen and oxygen atoms in total. The number of aromatic amines is 1. The number of fused-ring (bicyclic) bond motifs is 1. The Bertz CT molecular complexity index is 720. The smallest absolute Gasteiger partial charge is 0.121 e. The van der Waals surface area contributed by atoms with Crippen molar-refractivity contribution in [2.75, 3.05) is 0 Å². The third kappa shape index (κ3) is 3.23. The molecule has 0 aliphatic carbocycles. The number of rotatable bonds is 5. The Balaban J connectivity index is 1.75. The zero-order valence-electron chi connectivity index (χ0n) is 11.9. The van der Waals surface area contributed by atoms with Crippen molar-refractivity contribution in [3.63, 3.8) is 0 Å². The van der Waals surface area contributed by atoms with E-state index >= 15 is 0 Å². The molecule has 1 heterocycles. The summed E-state index contributed by atoms with van der Waals surface area (Å²) in [6.45, 7) is 2.30. The second-order valence-electron chi connectivity index (χ2n) is 5.21. The van der Waals surface area contributed by atoms with Crippen LogP contribution in [0.15, 0.2) is 48.5 Å². The van der Waals surface area contributed by atoms with E-state index in [4.69, 9.17) is 4.74 Å². The van der Waals surface area contributed by atoms with E-state index < -0.39 is 6.10 Å². The number of H-pyrrole nitrogens is 1. The molecule has 1 aromatic heterocycles. The van der Waals surface area contributed by atoms with E-state index in [9.17, 15) is 5.11 Å². The van der Waals surface area contributed by atoms with Gasteiger partial charge < -0.3 is 9.84 Å². The van der Waals surface area contributed by atoms with E-state index in [2.05, 4.69) is 10.2 Å². The number of benzene rings is 2. The van der Waals surface area contributed by atoms with Gasteiger partial charge in [0.15, 0.2) is 0 Å². The number of nitrogens with zero attached hydrogens (tertiary/aromatic N) is 1. The van der Waals surface area contributed by atoms with Crippen LogP contribution in [-0.2, 0) is 13.0 Å². The molecular weight excluding hydrogens is 264 g/mol. The van der Waals surface area contributed by atoms with Crippen molar-refractivity contribution < 1.29 is 9.84 Å². The van der Waals surface area contributed by atoms with Gasteiger partial charge in [-0.05, 0) is 24.6 Å². The van der Waals surface area contributed by atoms with Crippen LogP contribution in [0.4, 0.5) is 0 Å². The molecule has 0 aliphatic heterocycles. The highest BCUT2D eigenvalue weighted by Crippen LogP contribution is 2.23. The molecule has 0 radical (unpaired) electrons. The van der Waals surface area contributed by atoms with Gasteiger partial charge in [-0.2, -0.15) is 5.10 Å². The maximum absolute atomic E-state index is 9.47. The first-order valence-corrected chi connectivity index (χ1v) is 7.04. The summed E-state index contributed by atoms with van der Waals surface area (Å²) in [6, 6.07) is 15.9. The number of aliphatic hydroxyl groups excluding tert-OH is 1. The number of aliphatic hydroxyl groups is 1. The molecule has 0 amide bonds. The van der Waals surface area contributed by atoms with Gasteiger partial charge in [0, 0.05) is 17.9 Å². The Labute approximate surface area is 123 Å². The van der Waals surface area contributed by atoms with Gasteiger partial charge >= 0.3 is 0 Å². The van der Waals surface area contributed by atoms with Crippen LogP contribution in [0.5, 0.6) is 5.75 Å². The molecule has 0 saturated carbocycles. The molecule has 0 unspecified atom stereocenters. The number of hydrogen-bond acceptors (Lipinski definition) is 3. The van der Waals surface area contributed by atoms with Crippen molar-refractivity contribution in [2.24, 2.45) is 0 Å². The van der Waals surface area contributed by atoms with Crippen molar-refractivity contribution in [1.29, 1.82) is 0 Å². The quantitative estimate of drug-likeness (QED) is 0.756. The van der Waals surface area contributed by atoms with Gasteiger partial charge in [0.25, 0.3) is 0 Å². The van der Waals surface area contributed by atoms with Gasteiger partial charge in [-0.1, -0.05) is 30.3 Å². The highest BCUT2D eigenvalue weighted by molar-refractivity contribution is 5.82. The molecule has 1 atom stereocenters. The van der Waals surface area contributed by atoms with Crippen LogP contribution in [0.2, 0.25) is 0 Å². The van der Waals surface area contributed by atoms with Crippen LogP contribution in [0, 0.1) is 0 Å². The monoisotopic (exact) mass is 282 g/mol. The minimum atomic E-state index is -0.398. The maximum atomic E-state index is 9.47. The van der Waals surface area contributed by atoms with Gasteiger partial charge in [0.1, 0.15) is 12.4 Å². The van der Waals surface area contributed by atoms with Gasteiger partial charge in [-0.3, -0.25) is 5.10 Å². The predicted molar refractivity (Wildman–Crippen MR) is 82.3 cm³/mol. The predicted octanol–water partition coefficient (Wildman–Crippen LogP) is 3.07. The standard InChI is InChI=1S/C17H18N2O2/c1-12(20)9-16-15-8-7-14(10-17(15)19-18-16)21-11-13-5-3-2-4-6-13/h2-8,10,12,20H,9,11H2,1H3,(H,18,19)/t12-/m0/s1. The second-order valence-corrected chi connectivity index (χ2v) is 5.21. The van der Waals surface area contributed by atoms with Crippen LogP contribution in [0.3, 0.4) is 0 Å². The Kier molecular flexibility index (Phi) is 3.88. The lowest BCUT2D eigenvalue weighted by Crippen LogP contribution is -2.04. The molecule has 2 aromatic carbocycles. The Morgan fingerprint density at radius 2 is 2.00 bits per heavy atom. The molecule has 108 valence electrons. The minimum Gasteiger partial charge on any atom is -0.489 e. The molecule has 21 heavy (non-hydrogen) atoms. The van der Waals surface area contributed by atoms with Crippen molar-refractivity contribution in [1.82, 2.24) is 10.2 Å². The highest BCUT2D eigenvalue weighted by Gasteiger charge is 2.09. The second kappa shape index (κ2) is 5.97. The fourth-order valence-electron chi connectivity index (χ4n) is 2.32. The van der Waals surface area contributed by atoms with E-state index in [0.29, 0.717) is 13.0 Å². The molecule has 0 fully saturated rings. The summed E-state index contributed by atoms with van der Waals surface area (Å²) < 4.78 is 5.79. The molecule has 0 aliphatic rings. The molecule has 3 rings (SSSR count). The zero-order chi connectivity index (χ0) is 14.7. The first kappa shape index (κ1) is 13.6. The molecule has 0 spiro atoms. The topological polar surface area (TPSA) is 58.1 Å². The van der Waals surface area contributed by atoms with Crippen molar-refractivity contribution in [3.8, 4) is 5.75 Å². The van der Waals surface area contributed by atoms with Crippen LogP contribution in [-0.4, -0.2) is 21.4 Å². The Morgan fingerprint density at radius 3 is 2.76 bits per heavy atom. The fourth-order valence-corrected chi connectivity index (χ4v) is 2.32. The first-order chi connectivity index (χ1) is 10.2. The maximum Gasteiger partial charge on any atom is 0.121 e. The molecular formula is C17H18N2O2. The summed E-state index contributed by atoms with van der Waals surface area (Å²) in [4.78, 5) is 0. The summed E-state index contributed by atoms with van der Waals surface area (Å²) in [7, 11) is 0. The van der Waals surface area contributed by atoms with Crippen molar-refractivity contribution in [3.05, 3.63) is 59.8 Å². The number of ether oxygens (including phenoxy) is 1. The lowest BCUT2D eigenvalue weighted by Gasteiger charge is -2.06. The van der Waals surface area contributed by atoms with Gasteiger partial charge in [-0.25, -0.2) is 0 Å². The third-order valence-electron chi connectivity index (χ3n) is 3.35. The summed E-state index contributed by atoms with van der Waals surface area (Å²) in [5.41, 5.74) is 2.95. The lowest BCUT2D eigenvalue weighted by atomic mass is 10.1. The van der Waals surface area contributed by atoms with Crippen molar-refractivity contribution in [2.45, 2.75) is 26.1 Å². The van der Waals surface area contributed by atoms with E-state index in [1.807, 2.05) is 48.5 Å². The van der Waals surface area contributed by atoms with Crippen molar-refractivity contribution >= 4 is 10.9 Å². The summed E-state index contributed by atoms with van der Waals surface area (Å²) in [5.74, 6) is 0.804. The lowest BCUT2D eigenvalue weighted by molar-refractivity contribution is 0.194. The molecule has 0 saturated heterocycles. The zero-order valence-corrected chi connectivity index (χ0v) is 11.9. The summed E-state index contributed by atoms with van der Waals surface area (Å²) in [5, 5.41) is 17.7. The van der Waals surface area contributed by atoms with Crippen LogP contribution in [0.1, 0.15) is 18.2 Å². The normalized spacial score (nSPS) is 12.5. The van der Waals surface area contributed by atoms with Gasteiger partial charge in [-0.15, -0.1) is 0 Å². The number of hydrogen-bond donors (Lipinski definition) is 2. The summed E-state index contributed by atoms with van der Waals surface area (Å²) >= 11 is 0. The Morgan fingerprint density at radius 1 is 1.19 bits per heavy atom. The minimum absolute atomic E-state index is 0.398. The van der Waals surface area contributed by atoms with Crippen LogP contribution in [0.25, 0.3) is 10.9 Å². The first-order valence-electron chi connectivity index (χ1n) is 7.04. The number of aromatic nitrogens is 2. The van der Waals surface area contributed by atoms with Gasteiger partial charge in [0.05, 0.1) is 17.3 Å². The molecule has 3 aromatic rings. The number of nitrogens with one attached hydrogen (secondary N) is 1. The average molecular weight is 282 g/mol. The SMILES string of the molecule is C[C@H](O)Cc1n[nH]c2cc(OCc3ccccc3)ccc12. The third-order valence-corrected chi connectivity index (χ3v) is 3.35. The molecule has 0 bridgehead atoms. The van der Waals surface area contributed by atoms with Crippen LogP contribution >= 0.6 is 0 Å². The highest BCUT2D eigenvalue weighted by atomic mass is 16.5. The van der Waals surface area contributed by atoms with Crippen LogP contribution < -0.4 is 4.74 Å². The average Bonchev–Trinajstić information content (AvgIpc) is 2.88. The molecule has 4 heteroatoms. The van der Waals surface area contributed by atoms with E-state index in [1.54, 1.807) is 6.92 Å². The van der Waals surface area contributed by atoms with Gasteiger partial charge in [0.2, 0.25) is 0 Å². The van der Waals surface area contributed by atoms with E-state index in [0.717, 1.165) is 27.9 Å². The van der Waals surface area contributed by atoms with E-state index in [-0.39, 0.29) is 0 Å².